The summed E-state index contributed by atoms with van der Waals surface area (Å²) in [5, 5.41) is 5.55. The van der Waals surface area contributed by atoms with Crippen LogP contribution in [0.25, 0.3) is 21.5 Å². The minimum absolute atomic E-state index is 1.34. The highest BCUT2D eigenvalue weighted by Gasteiger charge is 2.06. The minimum atomic E-state index is 1.34. The quantitative estimate of drug-likeness (QED) is 0.472. The number of hydrogen-bond acceptors (Lipinski definition) is 0. The summed E-state index contributed by atoms with van der Waals surface area (Å²) >= 11 is 0. The molecule has 0 bridgehead atoms. The van der Waals surface area contributed by atoms with Crippen LogP contribution in [0.1, 0.15) is 16.7 Å². The van der Waals surface area contributed by atoms with Gasteiger partial charge in [0.1, 0.15) is 0 Å². The molecule has 0 saturated carbocycles. The summed E-state index contributed by atoms with van der Waals surface area (Å²) in [5.41, 5.74) is 4.09. The summed E-state index contributed by atoms with van der Waals surface area (Å²) in [7, 11) is 0. The van der Waals surface area contributed by atoms with E-state index in [4.69, 9.17) is 0 Å². The average Bonchev–Trinajstić information content (AvgIpc) is 2.33. The van der Waals surface area contributed by atoms with Crippen molar-refractivity contribution in [1.29, 1.82) is 0 Å². The van der Waals surface area contributed by atoms with Crippen LogP contribution in [0.3, 0.4) is 0 Å². The topological polar surface area (TPSA) is 0 Å². The van der Waals surface area contributed by atoms with Gasteiger partial charge in [0.2, 0.25) is 0 Å². The fraction of sp³-hybridized carbons (Fsp3) is 0.176. The number of hydrogen-bond donors (Lipinski definition) is 0. The van der Waals surface area contributed by atoms with E-state index in [1.165, 1.54) is 38.2 Å². The van der Waals surface area contributed by atoms with E-state index in [1.807, 2.05) is 0 Å². The molecule has 0 heteroatoms. The maximum absolute atomic E-state index is 2.25. The third kappa shape index (κ3) is 1.44. The Kier molecular flexibility index (Phi) is 2.19. The van der Waals surface area contributed by atoms with Gasteiger partial charge in [0, 0.05) is 0 Å². The van der Waals surface area contributed by atoms with E-state index >= 15 is 0 Å². The number of fused-ring (bicyclic) bond motifs is 3. The highest BCUT2D eigenvalue weighted by Crippen LogP contribution is 2.32. The third-order valence-corrected chi connectivity index (χ3v) is 3.66. The zero-order chi connectivity index (χ0) is 12.0. The summed E-state index contributed by atoms with van der Waals surface area (Å²) in [4.78, 5) is 0. The van der Waals surface area contributed by atoms with Crippen LogP contribution in [-0.2, 0) is 0 Å². The molecule has 0 aliphatic rings. The summed E-state index contributed by atoms with van der Waals surface area (Å²) in [6, 6.07) is 15.4. The predicted octanol–water partition coefficient (Wildman–Crippen LogP) is 4.92. The van der Waals surface area contributed by atoms with Gasteiger partial charge in [-0.3, -0.25) is 0 Å². The van der Waals surface area contributed by atoms with E-state index in [0.717, 1.165) is 0 Å². The zero-order valence-corrected chi connectivity index (χ0v) is 10.5. The van der Waals surface area contributed by atoms with Crippen LogP contribution >= 0.6 is 0 Å². The van der Waals surface area contributed by atoms with Crippen molar-refractivity contribution in [2.75, 3.05) is 0 Å². The Bertz CT molecular complexity index is 721. The predicted molar refractivity (Wildman–Crippen MR) is 75.7 cm³/mol. The Morgan fingerprint density at radius 1 is 0.588 bits per heavy atom. The van der Waals surface area contributed by atoms with Crippen LogP contribution in [0.2, 0.25) is 0 Å². The Labute approximate surface area is 102 Å². The van der Waals surface area contributed by atoms with Crippen molar-refractivity contribution >= 4 is 21.5 Å². The zero-order valence-electron chi connectivity index (χ0n) is 10.5. The fourth-order valence-electron chi connectivity index (χ4n) is 2.72. The molecule has 0 spiro atoms. The van der Waals surface area contributed by atoms with E-state index in [-0.39, 0.29) is 0 Å². The molecular weight excluding hydrogens is 204 g/mol. The monoisotopic (exact) mass is 220 g/mol. The second kappa shape index (κ2) is 3.59. The normalized spacial score (nSPS) is 11.2. The van der Waals surface area contributed by atoms with Gasteiger partial charge in [-0.15, -0.1) is 0 Å². The summed E-state index contributed by atoms with van der Waals surface area (Å²) < 4.78 is 0. The van der Waals surface area contributed by atoms with Gasteiger partial charge in [-0.2, -0.15) is 0 Å². The first-order chi connectivity index (χ1) is 8.18. The van der Waals surface area contributed by atoms with E-state index < -0.39 is 0 Å². The van der Waals surface area contributed by atoms with Gasteiger partial charge in [0.05, 0.1) is 0 Å². The molecule has 0 heterocycles. The molecule has 3 rings (SSSR count). The molecule has 0 aromatic heterocycles. The van der Waals surface area contributed by atoms with E-state index in [2.05, 4.69) is 63.2 Å². The molecule has 0 atom stereocenters. The molecule has 0 fully saturated rings. The number of benzene rings is 3. The third-order valence-electron chi connectivity index (χ3n) is 3.66. The van der Waals surface area contributed by atoms with Gasteiger partial charge in [-0.05, 0) is 59.0 Å². The summed E-state index contributed by atoms with van der Waals surface area (Å²) in [5.74, 6) is 0. The molecule has 0 N–H and O–H groups in total. The SMILES string of the molecule is Cc1ccc(C)c2c1ccc1cccc(C)c12. The lowest BCUT2D eigenvalue weighted by Crippen LogP contribution is -1.87. The average molecular weight is 220 g/mol. The standard InChI is InChI=1S/C17H16/c1-11-7-8-13(3)17-15(11)10-9-14-6-4-5-12(2)16(14)17/h4-10H,1-3H3. The van der Waals surface area contributed by atoms with Gasteiger partial charge < -0.3 is 0 Å². The lowest BCUT2D eigenvalue weighted by atomic mass is 9.93. The Hall–Kier alpha value is -1.82. The van der Waals surface area contributed by atoms with Crippen molar-refractivity contribution in [3.63, 3.8) is 0 Å². The number of rotatable bonds is 0. The Morgan fingerprint density at radius 2 is 1.29 bits per heavy atom. The molecule has 3 aromatic rings. The largest absolute Gasteiger partial charge is 0.0614 e. The Balaban J connectivity index is 2.68. The van der Waals surface area contributed by atoms with E-state index in [9.17, 15) is 0 Å². The second-order valence-electron chi connectivity index (χ2n) is 4.86. The summed E-state index contributed by atoms with van der Waals surface area (Å²) in [6.07, 6.45) is 0. The molecule has 0 saturated heterocycles. The van der Waals surface area contributed by atoms with Gasteiger partial charge >= 0.3 is 0 Å². The first-order valence-electron chi connectivity index (χ1n) is 6.07. The molecule has 0 unspecified atom stereocenters. The van der Waals surface area contributed by atoms with Crippen LogP contribution in [0.15, 0.2) is 42.5 Å². The van der Waals surface area contributed by atoms with Crippen molar-refractivity contribution in [1.82, 2.24) is 0 Å². The smallest absolute Gasteiger partial charge is 0.00708 e. The van der Waals surface area contributed by atoms with E-state index in [0.29, 0.717) is 0 Å². The maximum Gasteiger partial charge on any atom is -0.00708 e. The second-order valence-corrected chi connectivity index (χ2v) is 4.86. The summed E-state index contributed by atoms with van der Waals surface area (Å²) in [6.45, 7) is 6.59. The highest BCUT2D eigenvalue weighted by atomic mass is 14.1. The highest BCUT2D eigenvalue weighted by molar-refractivity contribution is 6.11. The van der Waals surface area contributed by atoms with Crippen LogP contribution in [-0.4, -0.2) is 0 Å². The van der Waals surface area contributed by atoms with Gasteiger partial charge in [-0.1, -0.05) is 42.5 Å². The van der Waals surface area contributed by atoms with E-state index in [1.54, 1.807) is 0 Å². The lowest BCUT2D eigenvalue weighted by Gasteiger charge is -2.11. The molecule has 0 amide bonds. The molecule has 0 nitrogen and oxygen atoms in total. The van der Waals surface area contributed by atoms with Gasteiger partial charge in [0.25, 0.3) is 0 Å². The van der Waals surface area contributed by atoms with Crippen molar-refractivity contribution in [3.8, 4) is 0 Å². The van der Waals surface area contributed by atoms with Crippen LogP contribution in [0.4, 0.5) is 0 Å². The van der Waals surface area contributed by atoms with Crippen molar-refractivity contribution in [3.05, 3.63) is 59.2 Å². The Morgan fingerprint density at radius 3 is 2.12 bits per heavy atom. The molecule has 84 valence electrons. The van der Waals surface area contributed by atoms with Crippen molar-refractivity contribution < 1.29 is 0 Å². The molecule has 17 heavy (non-hydrogen) atoms. The first kappa shape index (κ1) is 10.3. The van der Waals surface area contributed by atoms with Crippen LogP contribution < -0.4 is 0 Å². The van der Waals surface area contributed by atoms with Crippen LogP contribution in [0.5, 0.6) is 0 Å². The molecule has 3 aromatic carbocycles. The van der Waals surface area contributed by atoms with Crippen molar-refractivity contribution in [2.45, 2.75) is 20.8 Å². The molecule has 0 radical (unpaired) electrons. The van der Waals surface area contributed by atoms with Gasteiger partial charge in [0.15, 0.2) is 0 Å². The maximum atomic E-state index is 2.25. The van der Waals surface area contributed by atoms with Gasteiger partial charge in [-0.25, -0.2) is 0 Å². The number of aryl methyl sites for hydroxylation is 3. The first-order valence-corrected chi connectivity index (χ1v) is 6.07. The van der Waals surface area contributed by atoms with Crippen LogP contribution in [0, 0.1) is 20.8 Å². The minimum Gasteiger partial charge on any atom is -0.0614 e. The molecule has 0 aliphatic heterocycles. The fourth-order valence-corrected chi connectivity index (χ4v) is 2.72. The molecular formula is C17H16. The molecule has 0 aliphatic carbocycles. The van der Waals surface area contributed by atoms with Crippen molar-refractivity contribution in [2.24, 2.45) is 0 Å². The lowest BCUT2D eigenvalue weighted by molar-refractivity contribution is 1.46.